The molecule has 1 aliphatic heterocycles. The smallest absolute Gasteiger partial charge is 0.125 e. The van der Waals surface area contributed by atoms with Gasteiger partial charge in [-0.05, 0) is 55.5 Å². The Labute approximate surface area is 116 Å². The van der Waals surface area contributed by atoms with Crippen LogP contribution in [0.5, 0.6) is 0 Å². The quantitative estimate of drug-likeness (QED) is 0.874. The van der Waals surface area contributed by atoms with Crippen LogP contribution in [0.25, 0.3) is 0 Å². The van der Waals surface area contributed by atoms with Gasteiger partial charge in [-0.2, -0.15) is 0 Å². The first-order chi connectivity index (χ1) is 9.12. The molecule has 1 fully saturated rings. The number of hydrogen-bond acceptors (Lipinski definition) is 2. The third kappa shape index (κ3) is 3.08. The normalized spacial score (nSPS) is 18.0. The van der Waals surface area contributed by atoms with Crippen molar-refractivity contribution in [3.05, 3.63) is 29.6 Å². The minimum atomic E-state index is -0.131. The molecule has 0 saturated carbocycles. The Morgan fingerprint density at radius 1 is 1.26 bits per heavy atom. The maximum Gasteiger partial charge on any atom is 0.125 e. The Morgan fingerprint density at radius 3 is 2.58 bits per heavy atom. The molecular formula is C16H25FN2. The topological polar surface area (TPSA) is 15.3 Å². The van der Waals surface area contributed by atoms with Crippen LogP contribution in [0.1, 0.15) is 38.7 Å². The fraction of sp³-hybridized carbons (Fsp3) is 0.625. The summed E-state index contributed by atoms with van der Waals surface area (Å²) >= 11 is 0. The van der Waals surface area contributed by atoms with E-state index in [1.165, 1.54) is 19.3 Å². The number of halogens is 1. The van der Waals surface area contributed by atoms with Gasteiger partial charge in [0.05, 0.1) is 0 Å². The van der Waals surface area contributed by atoms with E-state index in [1.54, 1.807) is 12.1 Å². The molecule has 1 aromatic carbocycles. The first kappa shape index (κ1) is 14.3. The first-order valence-corrected chi connectivity index (χ1v) is 7.31. The van der Waals surface area contributed by atoms with E-state index in [-0.39, 0.29) is 5.82 Å². The lowest BCUT2D eigenvalue weighted by atomic mass is 9.82. The van der Waals surface area contributed by atoms with Crippen LogP contribution in [0.15, 0.2) is 18.2 Å². The number of rotatable bonds is 5. The number of hydrogen-bond donors (Lipinski definition) is 1. The molecule has 2 nitrogen and oxygen atoms in total. The van der Waals surface area contributed by atoms with Crippen molar-refractivity contribution in [1.82, 2.24) is 5.32 Å². The monoisotopic (exact) mass is 264 g/mol. The Kier molecular flexibility index (Phi) is 4.46. The summed E-state index contributed by atoms with van der Waals surface area (Å²) in [5.74, 6) is -0.131. The molecule has 1 aliphatic rings. The van der Waals surface area contributed by atoms with E-state index in [2.05, 4.69) is 30.1 Å². The standard InChI is InChI=1S/C16H25FN2/c1-4-16(5-2)6-7-19(12-16)15-9-13(11-18-3)8-14(17)10-15/h8-10,18H,4-7,11-12H2,1-3H3. The molecule has 0 bridgehead atoms. The van der Waals surface area contributed by atoms with Crippen LogP contribution in [-0.2, 0) is 6.54 Å². The van der Waals surface area contributed by atoms with Crippen molar-refractivity contribution in [2.24, 2.45) is 5.41 Å². The largest absolute Gasteiger partial charge is 0.371 e. The zero-order valence-corrected chi connectivity index (χ0v) is 12.3. The van der Waals surface area contributed by atoms with Crippen molar-refractivity contribution in [2.75, 3.05) is 25.0 Å². The highest BCUT2D eigenvalue weighted by Crippen LogP contribution is 2.39. The highest BCUT2D eigenvalue weighted by molar-refractivity contribution is 5.50. The maximum absolute atomic E-state index is 13.7. The maximum atomic E-state index is 13.7. The lowest BCUT2D eigenvalue weighted by Gasteiger charge is -2.27. The van der Waals surface area contributed by atoms with E-state index in [0.717, 1.165) is 24.3 Å². The van der Waals surface area contributed by atoms with Crippen LogP contribution in [0, 0.1) is 11.2 Å². The SMILES string of the molecule is CCC1(CC)CCN(c2cc(F)cc(CNC)c2)C1. The van der Waals surface area contributed by atoms with E-state index in [4.69, 9.17) is 0 Å². The average Bonchev–Trinajstić information content (AvgIpc) is 2.84. The second-order valence-electron chi connectivity index (χ2n) is 5.73. The van der Waals surface area contributed by atoms with E-state index < -0.39 is 0 Å². The van der Waals surface area contributed by atoms with Crippen LogP contribution in [0.3, 0.4) is 0 Å². The van der Waals surface area contributed by atoms with Crippen molar-refractivity contribution in [2.45, 2.75) is 39.7 Å². The molecule has 1 aromatic rings. The van der Waals surface area contributed by atoms with Gasteiger partial charge < -0.3 is 10.2 Å². The average molecular weight is 264 g/mol. The lowest BCUT2D eigenvalue weighted by molar-refractivity contribution is 0.301. The summed E-state index contributed by atoms with van der Waals surface area (Å²) in [4.78, 5) is 2.34. The third-order valence-electron chi connectivity index (χ3n) is 4.63. The number of benzene rings is 1. The summed E-state index contributed by atoms with van der Waals surface area (Å²) in [5, 5.41) is 3.08. The molecule has 0 spiro atoms. The van der Waals surface area contributed by atoms with Crippen LogP contribution in [0.2, 0.25) is 0 Å². The molecule has 0 amide bonds. The molecule has 3 heteroatoms. The summed E-state index contributed by atoms with van der Waals surface area (Å²) in [6, 6.07) is 5.39. The Bertz CT molecular complexity index is 427. The van der Waals surface area contributed by atoms with Gasteiger partial charge in [0.15, 0.2) is 0 Å². The predicted molar refractivity (Wildman–Crippen MR) is 79.0 cm³/mol. The van der Waals surface area contributed by atoms with Gasteiger partial charge in [-0.15, -0.1) is 0 Å². The highest BCUT2D eigenvalue weighted by atomic mass is 19.1. The van der Waals surface area contributed by atoms with Crippen molar-refractivity contribution in [3.63, 3.8) is 0 Å². The Balaban J connectivity index is 2.19. The second-order valence-corrected chi connectivity index (χ2v) is 5.73. The zero-order valence-electron chi connectivity index (χ0n) is 12.3. The lowest BCUT2D eigenvalue weighted by Crippen LogP contribution is -2.26. The van der Waals surface area contributed by atoms with Gasteiger partial charge in [0.25, 0.3) is 0 Å². The minimum Gasteiger partial charge on any atom is -0.371 e. The molecule has 1 N–H and O–H groups in total. The fourth-order valence-corrected chi connectivity index (χ4v) is 3.10. The van der Waals surface area contributed by atoms with Gasteiger partial charge in [-0.3, -0.25) is 0 Å². The summed E-state index contributed by atoms with van der Waals surface area (Å²) < 4.78 is 13.7. The van der Waals surface area contributed by atoms with Gasteiger partial charge in [-0.25, -0.2) is 4.39 Å². The predicted octanol–water partition coefficient (Wildman–Crippen LogP) is 3.56. The van der Waals surface area contributed by atoms with Gasteiger partial charge in [-0.1, -0.05) is 13.8 Å². The van der Waals surface area contributed by atoms with Gasteiger partial charge in [0.1, 0.15) is 5.82 Å². The summed E-state index contributed by atoms with van der Waals surface area (Å²) in [7, 11) is 1.89. The molecule has 1 heterocycles. The van der Waals surface area contributed by atoms with Crippen LogP contribution in [-0.4, -0.2) is 20.1 Å². The minimum absolute atomic E-state index is 0.131. The van der Waals surface area contributed by atoms with E-state index in [0.29, 0.717) is 12.0 Å². The van der Waals surface area contributed by atoms with Crippen molar-refractivity contribution >= 4 is 5.69 Å². The molecular weight excluding hydrogens is 239 g/mol. The molecule has 0 aromatic heterocycles. The number of nitrogens with zero attached hydrogens (tertiary/aromatic N) is 1. The third-order valence-corrected chi connectivity index (χ3v) is 4.63. The number of anilines is 1. The molecule has 0 atom stereocenters. The first-order valence-electron chi connectivity index (χ1n) is 7.31. The number of nitrogens with one attached hydrogen (secondary N) is 1. The molecule has 0 unspecified atom stereocenters. The van der Waals surface area contributed by atoms with Crippen molar-refractivity contribution in [3.8, 4) is 0 Å². The van der Waals surface area contributed by atoms with Gasteiger partial charge in [0, 0.05) is 25.3 Å². The molecule has 2 rings (SSSR count). The Hall–Kier alpha value is -1.09. The molecule has 1 saturated heterocycles. The van der Waals surface area contributed by atoms with E-state index >= 15 is 0 Å². The molecule has 106 valence electrons. The van der Waals surface area contributed by atoms with E-state index in [9.17, 15) is 4.39 Å². The molecule has 0 radical (unpaired) electrons. The summed E-state index contributed by atoms with van der Waals surface area (Å²) in [5.41, 5.74) is 2.48. The van der Waals surface area contributed by atoms with Crippen molar-refractivity contribution in [1.29, 1.82) is 0 Å². The van der Waals surface area contributed by atoms with Crippen LogP contribution >= 0.6 is 0 Å². The van der Waals surface area contributed by atoms with Crippen LogP contribution in [0.4, 0.5) is 10.1 Å². The molecule has 19 heavy (non-hydrogen) atoms. The summed E-state index contributed by atoms with van der Waals surface area (Å²) in [6.45, 7) is 7.36. The van der Waals surface area contributed by atoms with E-state index in [1.807, 2.05) is 7.05 Å². The Morgan fingerprint density at radius 2 is 2.00 bits per heavy atom. The van der Waals surface area contributed by atoms with Crippen molar-refractivity contribution < 1.29 is 4.39 Å². The fourth-order valence-electron chi connectivity index (χ4n) is 3.10. The van der Waals surface area contributed by atoms with Gasteiger partial charge >= 0.3 is 0 Å². The second kappa shape index (κ2) is 5.91. The summed E-state index contributed by atoms with van der Waals surface area (Å²) in [6.07, 6.45) is 3.63. The zero-order chi connectivity index (χ0) is 13.9. The van der Waals surface area contributed by atoms with Gasteiger partial charge in [0.2, 0.25) is 0 Å². The van der Waals surface area contributed by atoms with Crippen LogP contribution < -0.4 is 10.2 Å². The molecule has 0 aliphatic carbocycles. The highest BCUT2D eigenvalue weighted by Gasteiger charge is 2.35.